The van der Waals surface area contributed by atoms with E-state index in [1.165, 1.54) is 0 Å². The molecule has 0 spiro atoms. The van der Waals surface area contributed by atoms with Crippen molar-refractivity contribution >= 4 is 23.9 Å². The van der Waals surface area contributed by atoms with Crippen molar-refractivity contribution in [3.63, 3.8) is 0 Å². The Labute approximate surface area is 120 Å². The fraction of sp³-hybridized carbons (Fsp3) is 0.692. The van der Waals surface area contributed by atoms with Crippen molar-refractivity contribution in [3.8, 4) is 0 Å². The molecule has 1 heterocycles. The highest BCUT2D eigenvalue weighted by Gasteiger charge is 2.67. The summed E-state index contributed by atoms with van der Waals surface area (Å²) in [7, 11) is 0. The van der Waals surface area contributed by atoms with Crippen LogP contribution < -0.4 is 0 Å². The minimum atomic E-state index is -1.48. The number of imide groups is 1. The topological polar surface area (TPSA) is 121 Å². The van der Waals surface area contributed by atoms with Gasteiger partial charge in [-0.1, -0.05) is 0 Å². The third kappa shape index (κ3) is 2.70. The van der Waals surface area contributed by atoms with Crippen LogP contribution >= 0.6 is 0 Å². The first-order valence-electron chi connectivity index (χ1n) is 6.55. The van der Waals surface area contributed by atoms with Crippen LogP contribution in [0.5, 0.6) is 0 Å². The molecule has 2 amide bonds. The number of carboxylic acids is 2. The van der Waals surface area contributed by atoms with E-state index in [4.69, 9.17) is 9.84 Å². The van der Waals surface area contributed by atoms with E-state index in [0.717, 1.165) is 0 Å². The number of ether oxygens (including phenoxy) is 1. The maximum absolute atomic E-state index is 12.1. The number of aliphatic carboxylic acids is 2. The van der Waals surface area contributed by atoms with Gasteiger partial charge in [0.05, 0.1) is 5.92 Å². The highest BCUT2D eigenvalue weighted by molar-refractivity contribution is 5.99. The normalized spacial score (nSPS) is 31.4. The van der Waals surface area contributed by atoms with Gasteiger partial charge in [0.2, 0.25) is 5.91 Å². The molecule has 0 aromatic rings. The molecule has 2 fully saturated rings. The smallest absolute Gasteiger partial charge is 0.417 e. The number of likely N-dealkylation sites (tertiary alicyclic amines) is 1. The summed E-state index contributed by atoms with van der Waals surface area (Å²) in [5, 5.41) is 18.3. The van der Waals surface area contributed by atoms with Gasteiger partial charge in [0.25, 0.3) is 0 Å². The van der Waals surface area contributed by atoms with Crippen molar-refractivity contribution in [3.05, 3.63) is 0 Å². The van der Waals surface area contributed by atoms with E-state index in [1.54, 1.807) is 20.8 Å². The van der Waals surface area contributed by atoms with Crippen LogP contribution in [0.2, 0.25) is 0 Å². The molecule has 0 bridgehead atoms. The van der Waals surface area contributed by atoms with Gasteiger partial charge in [0, 0.05) is 12.3 Å². The van der Waals surface area contributed by atoms with Crippen LogP contribution in [-0.4, -0.2) is 50.7 Å². The Bertz CT molecular complexity index is 521. The Morgan fingerprint density at radius 2 is 1.76 bits per heavy atom. The molecule has 2 rings (SSSR count). The molecule has 2 aliphatic rings. The summed E-state index contributed by atoms with van der Waals surface area (Å²) < 4.78 is 5.05. The van der Waals surface area contributed by atoms with Crippen LogP contribution in [-0.2, 0) is 19.1 Å². The maximum atomic E-state index is 12.1. The van der Waals surface area contributed by atoms with Gasteiger partial charge in [0.15, 0.2) is 0 Å². The predicted molar refractivity (Wildman–Crippen MR) is 67.2 cm³/mol. The first-order chi connectivity index (χ1) is 9.54. The summed E-state index contributed by atoms with van der Waals surface area (Å²) in [5.74, 6) is -5.41. The lowest BCUT2D eigenvalue weighted by Crippen LogP contribution is -2.54. The van der Waals surface area contributed by atoms with Crippen molar-refractivity contribution in [2.45, 2.75) is 38.8 Å². The van der Waals surface area contributed by atoms with E-state index in [0.29, 0.717) is 4.90 Å². The molecular weight excluding hydrogens is 282 g/mol. The fourth-order valence-corrected chi connectivity index (χ4v) is 2.87. The Morgan fingerprint density at radius 1 is 1.19 bits per heavy atom. The van der Waals surface area contributed by atoms with Crippen LogP contribution in [0, 0.1) is 17.8 Å². The molecule has 1 saturated heterocycles. The number of amides is 2. The monoisotopic (exact) mass is 299 g/mol. The van der Waals surface area contributed by atoms with Gasteiger partial charge in [0.1, 0.15) is 11.6 Å². The number of nitrogens with zero attached hydrogens (tertiary/aromatic N) is 1. The number of carbonyl (C=O) groups excluding carboxylic acids is 2. The quantitative estimate of drug-likeness (QED) is 0.763. The maximum Gasteiger partial charge on any atom is 0.417 e. The second-order valence-corrected chi connectivity index (χ2v) is 6.34. The van der Waals surface area contributed by atoms with Gasteiger partial charge in [-0.25, -0.2) is 14.5 Å². The summed E-state index contributed by atoms with van der Waals surface area (Å²) in [6, 6.07) is -1.48. The van der Waals surface area contributed by atoms with Gasteiger partial charge < -0.3 is 14.9 Å². The molecule has 8 nitrogen and oxygen atoms in total. The highest BCUT2D eigenvalue weighted by Crippen LogP contribution is 2.55. The number of hydrogen-bond donors (Lipinski definition) is 2. The molecule has 1 aliphatic carbocycles. The minimum absolute atomic E-state index is 0.148. The van der Waals surface area contributed by atoms with Crippen LogP contribution in [0.4, 0.5) is 4.79 Å². The lowest BCUT2D eigenvalue weighted by Gasteiger charge is -2.32. The second kappa shape index (κ2) is 4.71. The molecule has 21 heavy (non-hydrogen) atoms. The van der Waals surface area contributed by atoms with Gasteiger partial charge in [-0.2, -0.15) is 0 Å². The van der Waals surface area contributed by atoms with Crippen LogP contribution in [0.25, 0.3) is 0 Å². The molecule has 2 N–H and O–H groups in total. The molecule has 8 heteroatoms. The van der Waals surface area contributed by atoms with Gasteiger partial charge >= 0.3 is 18.0 Å². The van der Waals surface area contributed by atoms with Gasteiger partial charge in [-0.15, -0.1) is 0 Å². The van der Waals surface area contributed by atoms with E-state index in [2.05, 4.69) is 0 Å². The summed E-state index contributed by atoms with van der Waals surface area (Å²) in [5.41, 5.74) is -0.882. The number of rotatable bonds is 2. The first kappa shape index (κ1) is 15.3. The lowest BCUT2D eigenvalue weighted by molar-refractivity contribution is -0.153. The predicted octanol–water partition coefficient (Wildman–Crippen LogP) is 0.554. The Hall–Kier alpha value is -2.12. The average molecular weight is 299 g/mol. The number of carboxylic acid groups (broad SMARTS) is 2. The summed E-state index contributed by atoms with van der Waals surface area (Å²) >= 11 is 0. The molecule has 0 aromatic heterocycles. The third-order valence-electron chi connectivity index (χ3n) is 3.68. The number of piperidine rings is 1. The van der Waals surface area contributed by atoms with Crippen LogP contribution in [0.15, 0.2) is 0 Å². The minimum Gasteiger partial charge on any atom is -0.481 e. The second-order valence-electron chi connectivity index (χ2n) is 6.34. The zero-order valence-electron chi connectivity index (χ0n) is 11.9. The Morgan fingerprint density at radius 3 is 2.19 bits per heavy atom. The van der Waals surface area contributed by atoms with Crippen LogP contribution in [0.1, 0.15) is 27.2 Å². The molecule has 1 saturated carbocycles. The average Bonchev–Trinajstić information content (AvgIpc) is 2.97. The van der Waals surface area contributed by atoms with E-state index in [1.807, 2.05) is 0 Å². The Kier molecular flexibility index (Phi) is 3.43. The van der Waals surface area contributed by atoms with E-state index >= 15 is 0 Å². The zero-order chi connectivity index (χ0) is 16.1. The van der Waals surface area contributed by atoms with E-state index in [-0.39, 0.29) is 6.42 Å². The molecular formula is C13H17NO7. The zero-order valence-corrected chi connectivity index (χ0v) is 11.9. The largest absolute Gasteiger partial charge is 0.481 e. The van der Waals surface area contributed by atoms with Crippen molar-refractivity contribution < 1.29 is 34.1 Å². The summed E-state index contributed by atoms with van der Waals surface area (Å²) in [6.07, 6.45) is -1.20. The summed E-state index contributed by atoms with van der Waals surface area (Å²) in [4.78, 5) is 47.1. The van der Waals surface area contributed by atoms with Crippen molar-refractivity contribution in [1.82, 2.24) is 4.90 Å². The highest BCUT2D eigenvalue weighted by atomic mass is 16.6. The standard InChI is InChI=1S/C13H17NO7/c1-13(2,3)21-12(20)14-6(15)4-5-7(8(5)10(16)17)9(14)11(18)19/h5,7-9H,4H2,1-3H3,(H,16,17)(H,18,19). The fourth-order valence-electron chi connectivity index (χ4n) is 2.87. The first-order valence-corrected chi connectivity index (χ1v) is 6.55. The van der Waals surface area contributed by atoms with Gasteiger partial charge in [-0.05, 0) is 26.7 Å². The van der Waals surface area contributed by atoms with Crippen LogP contribution in [0.3, 0.4) is 0 Å². The van der Waals surface area contributed by atoms with E-state index < -0.39 is 53.3 Å². The van der Waals surface area contributed by atoms with Crippen molar-refractivity contribution in [2.75, 3.05) is 0 Å². The molecule has 116 valence electrons. The third-order valence-corrected chi connectivity index (χ3v) is 3.68. The number of carbonyl (C=O) groups is 4. The van der Waals surface area contributed by atoms with Crippen molar-refractivity contribution in [2.24, 2.45) is 17.8 Å². The number of fused-ring (bicyclic) bond motifs is 1. The molecule has 4 atom stereocenters. The summed E-state index contributed by atoms with van der Waals surface area (Å²) in [6.45, 7) is 4.78. The molecule has 0 radical (unpaired) electrons. The molecule has 0 aromatic carbocycles. The molecule has 1 aliphatic heterocycles. The van der Waals surface area contributed by atoms with E-state index in [9.17, 15) is 24.3 Å². The molecule has 4 unspecified atom stereocenters. The van der Waals surface area contributed by atoms with Crippen molar-refractivity contribution in [1.29, 1.82) is 0 Å². The SMILES string of the molecule is CC(C)(C)OC(=O)N1C(=O)CC2C(C(=O)O)C2C1C(=O)O. The lowest BCUT2D eigenvalue weighted by atomic mass is 10.0. The number of hydrogen-bond acceptors (Lipinski definition) is 5. The van der Waals surface area contributed by atoms with Gasteiger partial charge in [-0.3, -0.25) is 9.59 Å². The Balaban J connectivity index is 2.27.